The highest BCUT2D eigenvalue weighted by Gasteiger charge is 2.46. The van der Waals surface area contributed by atoms with E-state index in [0.717, 1.165) is 0 Å². The summed E-state index contributed by atoms with van der Waals surface area (Å²) in [5, 5.41) is 29.1. The Kier molecular flexibility index (Phi) is 3.29. The van der Waals surface area contributed by atoms with Crippen molar-refractivity contribution in [3.05, 3.63) is 22.5 Å². The highest BCUT2D eigenvalue weighted by Crippen LogP contribution is 2.26. The van der Waals surface area contributed by atoms with E-state index in [9.17, 15) is 15.0 Å². The molecule has 0 aliphatic carbocycles. The first kappa shape index (κ1) is 14.1. The maximum atomic E-state index is 12.0. The lowest BCUT2D eigenvalue weighted by molar-refractivity contribution is -0.746. The Bertz CT molecular complexity index is 739. The Morgan fingerprint density at radius 1 is 1.48 bits per heavy atom. The summed E-state index contributed by atoms with van der Waals surface area (Å²) in [6, 6.07) is 0. The molecule has 1 aliphatic heterocycles. The van der Waals surface area contributed by atoms with Crippen molar-refractivity contribution in [3.63, 3.8) is 0 Å². The Labute approximate surface area is 119 Å². The third kappa shape index (κ3) is 2.05. The first-order valence-electron chi connectivity index (χ1n) is 6.53. The molecule has 2 aromatic heterocycles. The zero-order valence-electron chi connectivity index (χ0n) is 11.6. The molecule has 1 saturated heterocycles. The van der Waals surface area contributed by atoms with Gasteiger partial charge in [0, 0.05) is 6.92 Å². The molecule has 9 nitrogen and oxygen atoms in total. The molecule has 2 aromatic rings. The number of aromatic nitrogens is 4. The minimum Gasteiger partial charge on any atom is -0.394 e. The number of rotatable bonds is 2. The lowest BCUT2D eigenvalue weighted by atomic mass is 10.1. The van der Waals surface area contributed by atoms with Crippen LogP contribution < -0.4 is 10.1 Å². The number of nitrogens with one attached hydrogen (secondary N) is 1. The van der Waals surface area contributed by atoms with E-state index in [2.05, 4.69) is 9.97 Å². The molecule has 0 bridgehead atoms. The van der Waals surface area contributed by atoms with Gasteiger partial charge in [-0.1, -0.05) is 4.98 Å². The molecule has 0 saturated carbocycles. The zero-order valence-corrected chi connectivity index (χ0v) is 11.6. The summed E-state index contributed by atoms with van der Waals surface area (Å²) in [7, 11) is 1.67. The average molecular weight is 297 g/mol. The molecule has 4 atom stereocenters. The van der Waals surface area contributed by atoms with Crippen molar-refractivity contribution in [2.75, 3.05) is 6.61 Å². The van der Waals surface area contributed by atoms with Crippen LogP contribution in [0.4, 0.5) is 0 Å². The van der Waals surface area contributed by atoms with Gasteiger partial charge in [-0.15, -0.1) is 0 Å². The number of hydrogen-bond donors (Lipinski definition) is 4. The van der Waals surface area contributed by atoms with Gasteiger partial charge in [-0.05, 0) is 0 Å². The summed E-state index contributed by atoms with van der Waals surface area (Å²) in [6.45, 7) is 1.24. The summed E-state index contributed by atoms with van der Waals surface area (Å²) in [6.07, 6.45) is -2.66. The monoisotopic (exact) mass is 297 g/mol. The van der Waals surface area contributed by atoms with E-state index in [1.54, 1.807) is 24.9 Å². The first-order chi connectivity index (χ1) is 9.93. The van der Waals surface area contributed by atoms with Crippen LogP contribution in [0.2, 0.25) is 0 Å². The third-order valence-corrected chi connectivity index (χ3v) is 3.68. The van der Waals surface area contributed by atoms with Crippen LogP contribution in [0, 0.1) is 6.92 Å². The predicted molar refractivity (Wildman–Crippen MR) is 69.3 cm³/mol. The van der Waals surface area contributed by atoms with Gasteiger partial charge in [0.05, 0.1) is 13.7 Å². The van der Waals surface area contributed by atoms with Crippen molar-refractivity contribution in [1.82, 2.24) is 14.5 Å². The highest BCUT2D eigenvalue weighted by atomic mass is 16.6. The lowest BCUT2D eigenvalue weighted by Gasteiger charge is -2.12. The number of H-pyrrole nitrogens is 1. The van der Waals surface area contributed by atoms with Crippen LogP contribution in [0.25, 0.3) is 11.2 Å². The lowest BCUT2D eigenvalue weighted by Crippen LogP contribution is -2.46. The molecule has 0 spiro atoms. The van der Waals surface area contributed by atoms with E-state index in [4.69, 9.17) is 9.84 Å². The van der Waals surface area contributed by atoms with Gasteiger partial charge in [0.1, 0.15) is 18.3 Å². The number of hydrogen-bond acceptors (Lipinski definition) is 6. The smallest absolute Gasteiger partial charge is 0.311 e. The number of nitrogens with zero attached hydrogens (tertiary/aromatic N) is 3. The molecule has 4 N–H and O–H groups in total. The number of ether oxygens (including phenoxy) is 1. The van der Waals surface area contributed by atoms with Crippen LogP contribution in [-0.2, 0) is 11.8 Å². The van der Waals surface area contributed by atoms with Crippen LogP contribution in [0.3, 0.4) is 0 Å². The third-order valence-electron chi connectivity index (χ3n) is 3.68. The molecule has 0 aromatic carbocycles. The van der Waals surface area contributed by atoms with Crippen LogP contribution in [0.5, 0.6) is 0 Å². The quantitative estimate of drug-likeness (QED) is 0.453. The van der Waals surface area contributed by atoms with E-state index >= 15 is 0 Å². The number of fused-ring (bicyclic) bond motifs is 1. The number of imidazole rings is 1. The van der Waals surface area contributed by atoms with E-state index in [0.29, 0.717) is 17.0 Å². The summed E-state index contributed by atoms with van der Waals surface area (Å²) in [5.41, 5.74) is 0.373. The average Bonchev–Trinajstić information content (AvgIpc) is 2.89. The number of aromatic amines is 1. The molecule has 3 rings (SSSR count). The maximum absolute atomic E-state index is 12.0. The molecule has 21 heavy (non-hydrogen) atoms. The van der Waals surface area contributed by atoms with Gasteiger partial charge in [-0.25, -0.2) is 4.57 Å². The molecule has 1 aliphatic rings. The van der Waals surface area contributed by atoms with Gasteiger partial charge < -0.3 is 20.1 Å². The molecule has 1 unspecified atom stereocenters. The van der Waals surface area contributed by atoms with Crippen LogP contribution in [0.15, 0.2) is 11.1 Å². The van der Waals surface area contributed by atoms with Gasteiger partial charge in [0.15, 0.2) is 12.2 Å². The topological polar surface area (TPSA) is 124 Å². The van der Waals surface area contributed by atoms with Gasteiger partial charge in [-0.3, -0.25) is 14.3 Å². The van der Waals surface area contributed by atoms with Crippen LogP contribution in [-0.4, -0.2) is 54.8 Å². The SMILES string of the molecule is Cc1nc2c(c(=O)[nH]1)n(C)c[n+]2[C@@H]1O[C@H](CO)C(O)[C@@H]1O. The second kappa shape index (κ2) is 4.88. The highest BCUT2D eigenvalue weighted by molar-refractivity contribution is 5.65. The number of aryl methyl sites for hydroxylation is 2. The van der Waals surface area contributed by atoms with E-state index in [1.165, 1.54) is 4.57 Å². The van der Waals surface area contributed by atoms with Crippen LogP contribution in [0.1, 0.15) is 12.1 Å². The second-order valence-electron chi connectivity index (χ2n) is 5.19. The Hall–Kier alpha value is -1.81. The summed E-state index contributed by atoms with van der Waals surface area (Å²) in [4.78, 5) is 18.9. The van der Waals surface area contributed by atoms with E-state index in [-0.39, 0.29) is 5.56 Å². The Morgan fingerprint density at radius 3 is 2.81 bits per heavy atom. The zero-order chi connectivity index (χ0) is 15.3. The molecule has 0 amide bonds. The first-order valence-corrected chi connectivity index (χ1v) is 6.53. The Balaban J connectivity index is 2.16. The fourth-order valence-electron chi connectivity index (χ4n) is 2.66. The minimum atomic E-state index is -1.22. The van der Waals surface area contributed by atoms with Crippen molar-refractivity contribution in [1.29, 1.82) is 0 Å². The Morgan fingerprint density at radius 2 is 2.19 bits per heavy atom. The molecular weight excluding hydrogens is 280 g/mol. The minimum absolute atomic E-state index is 0.300. The molecule has 1 fully saturated rings. The molecule has 9 heteroatoms. The van der Waals surface area contributed by atoms with Crippen molar-refractivity contribution >= 4 is 11.2 Å². The van der Waals surface area contributed by atoms with Crippen LogP contribution >= 0.6 is 0 Å². The fourth-order valence-corrected chi connectivity index (χ4v) is 2.66. The molecule has 3 heterocycles. The van der Waals surface area contributed by atoms with Gasteiger partial charge in [0.25, 0.3) is 5.56 Å². The normalized spacial score (nSPS) is 29.4. The second-order valence-corrected chi connectivity index (χ2v) is 5.19. The maximum Gasteiger partial charge on any atom is 0.311 e. The molecule has 0 radical (unpaired) electrons. The predicted octanol–water partition coefficient (Wildman–Crippen LogP) is -2.53. The van der Waals surface area contributed by atoms with E-state index in [1.807, 2.05) is 0 Å². The van der Waals surface area contributed by atoms with E-state index < -0.39 is 31.1 Å². The van der Waals surface area contributed by atoms with Crippen molar-refractivity contribution in [2.45, 2.75) is 31.5 Å². The largest absolute Gasteiger partial charge is 0.394 e. The molecular formula is C12H17N4O5+. The standard InChI is InChI=1S/C12H16N4O5/c1-5-13-10-7(11(20)14-5)15(2)4-16(10)12-9(19)8(18)6(3-17)21-12/h4,6,8-9,12,17-19H,3H2,1-2H3/p+1/t6-,8?,9+,12-/m1/s1. The summed E-state index contributed by atoms with van der Waals surface area (Å²) < 4.78 is 8.52. The summed E-state index contributed by atoms with van der Waals surface area (Å²) in [5.74, 6) is 0.430. The van der Waals surface area contributed by atoms with Crippen molar-refractivity contribution in [3.8, 4) is 0 Å². The number of aliphatic hydroxyl groups excluding tert-OH is 3. The van der Waals surface area contributed by atoms with Gasteiger partial charge >= 0.3 is 5.65 Å². The van der Waals surface area contributed by atoms with Crippen molar-refractivity contribution in [2.24, 2.45) is 7.05 Å². The molecule has 114 valence electrons. The van der Waals surface area contributed by atoms with Gasteiger partial charge in [-0.2, -0.15) is 0 Å². The van der Waals surface area contributed by atoms with Crippen molar-refractivity contribution < 1.29 is 24.6 Å². The summed E-state index contributed by atoms with van der Waals surface area (Å²) >= 11 is 0. The fraction of sp³-hybridized carbons (Fsp3) is 0.583. The number of aliphatic hydroxyl groups is 3. The van der Waals surface area contributed by atoms with Gasteiger partial charge in [0.2, 0.25) is 11.7 Å².